The third-order valence-corrected chi connectivity index (χ3v) is 14.6. The van der Waals surface area contributed by atoms with Gasteiger partial charge in [-0.3, -0.25) is 0 Å². The third-order valence-electron chi connectivity index (χ3n) is 14.6. The molecule has 0 saturated carbocycles. The third kappa shape index (κ3) is 6.63. The molecule has 0 unspecified atom stereocenters. The van der Waals surface area contributed by atoms with Gasteiger partial charge in [0.2, 0.25) is 0 Å². The summed E-state index contributed by atoms with van der Waals surface area (Å²) in [7, 11) is 0. The molecule has 2 aromatic heterocycles. The lowest BCUT2D eigenvalue weighted by molar-refractivity contribution is 0.660. The van der Waals surface area contributed by atoms with Gasteiger partial charge in [0.25, 0.3) is 0 Å². The first-order valence-corrected chi connectivity index (χ1v) is 24.0. The topological polar surface area (TPSA) is 9.86 Å². The predicted octanol–water partition coefficient (Wildman–Crippen LogP) is 17.9. The number of rotatable bonds is 8. The Morgan fingerprint density at radius 2 is 0.638 bits per heavy atom. The van der Waals surface area contributed by atoms with Gasteiger partial charge in [-0.25, -0.2) is 0 Å². The maximum Gasteiger partial charge on any atom is 0.0620 e. The van der Waals surface area contributed by atoms with Crippen molar-refractivity contribution in [1.82, 2.24) is 9.13 Å². The largest absolute Gasteiger partial charge is 0.309 e. The van der Waals surface area contributed by atoms with Crippen LogP contribution in [-0.2, 0) is 5.41 Å². The molecule has 326 valence electrons. The normalized spacial score (nSPS) is 12.6. The van der Waals surface area contributed by atoms with Crippen LogP contribution in [0.3, 0.4) is 0 Å². The lowest BCUT2D eigenvalue weighted by atomic mass is 9.82. The van der Waals surface area contributed by atoms with Crippen LogP contribution in [0.4, 0.5) is 0 Å². The molecular weight excluding hydrogens is 833 g/mol. The SMILES string of the molecule is CC1(C)c2ccccc2-c2ccc(-n3c(-c4ccc(-c5ccc(-c6ccccc6)cc5)cc4)c(-c4c(-c5ccc(-c6ccccc6)cc5)n(-c5ccccc5)c5ccccc45)c4ccccc43)cc21. The highest BCUT2D eigenvalue weighted by molar-refractivity contribution is 6.16. The molecule has 0 atom stereocenters. The molecule has 0 radical (unpaired) electrons. The quantitative estimate of drug-likeness (QED) is 0.144. The smallest absolute Gasteiger partial charge is 0.0620 e. The lowest BCUT2D eigenvalue weighted by Gasteiger charge is -2.23. The van der Waals surface area contributed by atoms with E-state index in [1.54, 1.807) is 0 Å². The summed E-state index contributed by atoms with van der Waals surface area (Å²) in [6, 6.07) is 93.7. The van der Waals surface area contributed by atoms with E-state index in [9.17, 15) is 0 Å². The van der Waals surface area contributed by atoms with Crippen LogP contribution in [0, 0.1) is 0 Å². The molecule has 12 aromatic rings. The Labute approximate surface area is 403 Å². The van der Waals surface area contributed by atoms with Gasteiger partial charge in [0.15, 0.2) is 0 Å². The molecule has 0 saturated heterocycles. The summed E-state index contributed by atoms with van der Waals surface area (Å²) < 4.78 is 5.03. The molecule has 0 N–H and O–H groups in total. The molecular formula is C67H48N2. The van der Waals surface area contributed by atoms with Crippen molar-refractivity contribution in [2.24, 2.45) is 0 Å². The highest BCUT2D eigenvalue weighted by atomic mass is 15.0. The van der Waals surface area contributed by atoms with Crippen molar-refractivity contribution >= 4 is 21.8 Å². The molecule has 1 aliphatic rings. The Kier molecular flexibility index (Phi) is 9.55. The van der Waals surface area contributed by atoms with Crippen LogP contribution < -0.4 is 0 Å². The van der Waals surface area contributed by atoms with Crippen molar-refractivity contribution in [2.45, 2.75) is 19.3 Å². The summed E-state index contributed by atoms with van der Waals surface area (Å²) >= 11 is 0. The van der Waals surface area contributed by atoms with Crippen LogP contribution in [0.2, 0.25) is 0 Å². The number of hydrogen-bond acceptors (Lipinski definition) is 0. The average Bonchev–Trinajstić information content (AvgIpc) is 4.02. The molecule has 2 nitrogen and oxygen atoms in total. The number of aromatic nitrogens is 2. The fourth-order valence-electron chi connectivity index (χ4n) is 11.2. The number of nitrogens with zero attached hydrogens (tertiary/aromatic N) is 2. The van der Waals surface area contributed by atoms with Gasteiger partial charge >= 0.3 is 0 Å². The summed E-state index contributed by atoms with van der Waals surface area (Å²) in [5.41, 5.74) is 24.0. The summed E-state index contributed by atoms with van der Waals surface area (Å²) in [4.78, 5) is 0. The van der Waals surface area contributed by atoms with E-state index in [1.165, 1.54) is 83.1 Å². The van der Waals surface area contributed by atoms with E-state index in [1.807, 2.05) is 0 Å². The average molecular weight is 881 g/mol. The van der Waals surface area contributed by atoms with Gasteiger partial charge in [-0.2, -0.15) is 0 Å². The summed E-state index contributed by atoms with van der Waals surface area (Å²) in [6.45, 7) is 4.75. The summed E-state index contributed by atoms with van der Waals surface area (Å²) in [5, 5.41) is 2.41. The molecule has 0 spiro atoms. The lowest BCUT2D eigenvalue weighted by Crippen LogP contribution is -2.15. The number of fused-ring (bicyclic) bond motifs is 5. The molecule has 0 aliphatic heterocycles. The van der Waals surface area contributed by atoms with Crippen molar-refractivity contribution in [2.75, 3.05) is 0 Å². The Balaban J connectivity index is 1.09. The van der Waals surface area contributed by atoms with Crippen molar-refractivity contribution in [3.8, 4) is 89.5 Å². The number of para-hydroxylation sites is 3. The van der Waals surface area contributed by atoms with E-state index in [4.69, 9.17) is 0 Å². The van der Waals surface area contributed by atoms with E-state index in [0.29, 0.717) is 0 Å². The fraction of sp³-hybridized carbons (Fsp3) is 0.0448. The minimum Gasteiger partial charge on any atom is -0.309 e. The van der Waals surface area contributed by atoms with Crippen LogP contribution in [0.15, 0.2) is 255 Å². The maximum atomic E-state index is 2.55. The van der Waals surface area contributed by atoms with Gasteiger partial charge in [0, 0.05) is 38.7 Å². The van der Waals surface area contributed by atoms with Crippen LogP contribution >= 0.6 is 0 Å². The molecule has 2 heteroatoms. The molecule has 1 aliphatic carbocycles. The maximum absolute atomic E-state index is 2.55. The Morgan fingerprint density at radius 3 is 1.13 bits per heavy atom. The second-order valence-electron chi connectivity index (χ2n) is 18.9. The Bertz CT molecular complexity index is 3850. The van der Waals surface area contributed by atoms with E-state index in [0.717, 1.165) is 39.4 Å². The monoisotopic (exact) mass is 880 g/mol. The highest BCUT2D eigenvalue weighted by Gasteiger charge is 2.36. The van der Waals surface area contributed by atoms with E-state index >= 15 is 0 Å². The number of benzene rings is 10. The van der Waals surface area contributed by atoms with E-state index in [-0.39, 0.29) is 5.41 Å². The second kappa shape index (κ2) is 16.3. The molecule has 0 amide bonds. The van der Waals surface area contributed by atoms with Gasteiger partial charge in [-0.1, -0.05) is 232 Å². The zero-order chi connectivity index (χ0) is 46.1. The van der Waals surface area contributed by atoms with Gasteiger partial charge in [0.05, 0.1) is 22.4 Å². The molecule has 13 rings (SSSR count). The Morgan fingerprint density at radius 1 is 0.275 bits per heavy atom. The second-order valence-corrected chi connectivity index (χ2v) is 18.9. The standard InChI is InChI=1S/C67H48N2/c1-67(2)59-27-15-12-24-55(59)56-43-42-54(44-60(56)67)69-62-29-17-14-26-58(62)64(66(69)52-40-36-50(37-41-52)49-32-30-47(31-33-49)45-18-6-3-7-19-45)63-57-25-13-16-28-61(57)68(53-22-10-5-11-23-53)65(63)51-38-34-48(35-39-51)46-20-8-4-9-21-46/h3-44H,1-2H3. The molecule has 0 fully saturated rings. The van der Waals surface area contributed by atoms with Gasteiger partial charge in [-0.15, -0.1) is 0 Å². The Hall–Kier alpha value is -8.72. The zero-order valence-corrected chi connectivity index (χ0v) is 38.6. The van der Waals surface area contributed by atoms with Crippen molar-refractivity contribution in [3.05, 3.63) is 266 Å². The minimum absolute atomic E-state index is 0.159. The van der Waals surface area contributed by atoms with E-state index in [2.05, 4.69) is 278 Å². The zero-order valence-electron chi connectivity index (χ0n) is 38.6. The summed E-state index contributed by atoms with van der Waals surface area (Å²) in [6.07, 6.45) is 0. The predicted molar refractivity (Wildman–Crippen MR) is 290 cm³/mol. The van der Waals surface area contributed by atoms with Crippen molar-refractivity contribution in [3.63, 3.8) is 0 Å². The van der Waals surface area contributed by atoms with Crippen molar-refractivity contribution < 1.29 is 0 Å². The number of hydrogen-bond donors (Lipinski definition) is 0. The van der Waals surface area contributed by atoms with Gasteiger partial charge in [-0.05, 0) is 103 Å². The van der Waals surface area contributed by atoms with Gasteiger partial charge in [0.1, 0.15) is 0 Å². The van der Waals surface area contributed by atoms with Crippen LogP contribution in [0.25, 0.3) is 111 Å². The molecule has 2 heterocycles. The molecule has 69 heavy (non-hydrogen) atoms. The van der Waals surface area contributed by atoms with Crippen LogP contribution in [-0.4, -0.2) is 9.13 Å². The first-order chi connectivity index (χ1) is 34.0. The first kappa shape index (κ1) is 40.5. The first-order valence-electron chi connectivity index (χ1n) is 24.0. The fourth-order valence-corrected chi connectivity index (χ4v) is 11.2. The van der Waals surface area contributed by atoms with Crippen LogP contribution in [0.5, 0.6) is 0 Å². The van der Waals surface area contributed by atoms with Gasteiger partial charge < -0.3 is 9.13 Å². The van der Waals surface area contributed by atoms with E-state index < -0.39 is 0 Å². The molecule has 10 aromatic carbocycles. The van der Waals surface area contributed by atoms with Crippen LogP contribution in [0.1, 0.15) is 25.0 Å². The minimum atomic E-state index is -0.159. The summed E-state index contributed by atoms with van der Waals surface area (Å²) in [5.74, 6) is 0. The molecule has 0 bridgehead atoms. The highest BCUT2D eigenvalue weighted by Crippen LogP contribution is 2.53. The van der Waals surface area contributed by atoms with Crippen molar-refractivity contribution in [1.29, 1.82) is 0 Å².